The van der Waals surface area contributed by atoms with Crippen molar-refractivity contribution in [1.82, 2.24) is 58.6 Å². The lowest BCUT2D eigenvalue weighted by atomic mass is 9.89. The summed E-state index contributed by atoms with van der Waals surface area (Å²) < 4.78 is 109. The number of imidazole rings is 3. The molecule has 10 rings (SSSR count). The molecule has 0 spiro atoms. The van der Waals surface area contributed by atoms with Gasteiger partial charge in [-0.1, -0.05) is 0 Å². The molecule has 79 heavy (non-hydrogen) atoms. The Kier molecular flexibility index (Phi) is 16.0. The number of aliphatic hydroxyl groups excluding tert-OH is 2. The molecular formula is C40H54N15O20P3S. The lowest BCUT2D eigenvalue weighted by Gasteiger charge is -2.38. The van der Waals surface area contributed by atoms with Crippen LogP contribution in [-0.2, 0) is 69.5 Å². The van der Waals surface area contributed by atoms with Crippen LogP contribution >= 0.6 is 33.8 Å². The first-order valence-electron chi connectivity index (χ1n) is 23.8. The number of nitrogens with two attached hydrogens (primary N) is 3. The van der Waals surface area contributed by atoms with E-state index in [0.29, 0.717) is 17.8 Å². The van der Waals surface area contributed by atoms with Crippen molar-refractivity contribution in [3.8, 4) is 0 Å². The number of nitrogens with zero attached hydrogens (tertiary/aromatic N) is 12. The van der Waals surface area contributed by atoms with Gasteiger partial charge in [-0.05, 0) is 33.6 Å². The van der Waals surface area contributed by atoms with E-state index in [9.17, 15) is 43.4 Å². The van der Waals surface area contributed by atoms with E-state index in [1.54, 1.807) is 20.8 Å². The summed E-state index contributed by atoms with van der Waals surface area (Å²) >= 11 is 0.308. The molecule has 6 aromatic rings. The Morgan fingerprint density at radius 1 is 0.709 bits per heavy atom. The minimum absolute atomic E-state index is 0.0137. The van der Waals surface area contributed by atoms with Crippen LogP contribution in [0.3, 0.4) is 0 Å². The first kappa shape index (κ1) is 57.2. The second-order valence-electron chi connectivity index (χ2n) is 19.4. The van der Waals surface area contributed by atoms with E-state index >= 15 is 0 Å². The molecule has 0 saturated carbocycles. The Bertz CT molecular complexity index is 3380. The summed E-state index contributed by atoms with van der Waals surface area (Å²) in [6.45, 7) is -1.92. The molecular weight excluding hydrogens is 1140 g/mol. The fourth-order valence-electron chi connectivity index (χ4n) is 9.40. The quantitative estimate of drug-likeness (QED) is 0.0295. The summed E-state index contributed by atoms with van der Waals surface area (Å²) in [6, 6.07) is 0. The SMILES string of the molecule is COC1[C@@H](COP(=O)(O)SCOC(=O)C(C)(C)C)O[C@@H](n2cnc3c(N)ncnc32)[C@H]1OP(=O)(O)OC[C@H]1O[C@@H](n2cnc3c(N)ncnc32)[C@@H](OP(=O)(O)OC[C@]23CCCOC2[C@H](O)[C@H](n2cnc4c(N)ncnc42)O3)C1O. The maximum absolute atomic E-state index is 14.1. The highest BCUT2D eigenvalue weighted by atomic mass is 32.7. The highest BCUT2D eigenvalue weighted by Gasteiger charge is 2.60. The van der Waals surface area contributed by atoms with E-state index in [1.807, 2.05) is 0 Å². The van der Waals surface area contributed by atoms with Gasteiger partial charge in [-0.2, -0.15) is 0 Å². The van der Waals surface area contributed by atoms with Crippen LogP contribution in [0, 0.1) is 5.41 Å². The van der Waals surface area contributed by atoms with Crippen molar-refractivity contribution in [2.75, 3.05) is 56.7 Å². The van der Waals surface area contributed by atoms with Crippen molar-refractivity contribution in [2.24, 2.45) is 5.41 Å². The molecule has 0 aliphatic carbocycles. The van der Waals surface area contributed by atoms with Crippen LogP contribution in [0.25, 0.3) is 33.5 Å². The highest BCUT2D eigenvalue weighted by Crippen LogP contribution is 2.58. The predicted molar refractivity (Wildman–Crippen MR) is 267 cm³/mol. The van der Waals surface area contributed by atoms with Gasteiger partial charge in [0.15, 0.2) is 53.1 Å². The maximum atomic E-state index is 14.1. The summed E-state index contributed by atoms with van der Waals surface area (Å²) in [7, 11) is -9.55. The molecule has 4 aliphatic heterocycles. The number of methoxy groups -OCH3 is 1. The van der Waals surface area contributed by atoms with Gasteiger partial charge in [0, 0.05) is 25.1 Å². The summed E-state index contributed by atoms with van der Waals surface area (Å²) in [4.78, 5) is 82.9. The van der Waals surface area contributed by atoms with Gasteiger partial charge in [0.2, 0.25) is 0 Å². The molecule has 6 unspecified atom stereocenters. The summed E-state index contributed by atoms with van der Waals surface area (Å²) in [5.41, 5.74) is 16.4. The molecule has 430 valence electrons. The monoisotopic (exact) mass is 1190 g/mol. The minimum atomic E-state index is -5.40. The molecule has 0 amide bonds. The van der Waals surface area contributed by atoms with Crippen LogP contribution in [0.5, 0.6) is 0 Å². The molecule has 4 aliphatic rings. The van der Waals surface area contributed by atoms with Gasteiger partial charge in [-0.25, -0.2) is 58.6 Å². The van der Waals surface area contributed by atoms with E-state index in [0.717, 1.165) is 12.7 Å². The molecule has 4 fully saturated rings. The van der Waals surface area contributed by atoms with Crippen LogP contribution < -0.4 is 17.2 Å². The van der Waals surface area contributed by atoms with E-state index < -0.39 is 133 Å². The Morgan fingerprint density at radius 3 is 1.77 bits per heavy atom. The number of carbonyl (C=O) groups is 1. The van der Waals surface area contributed by atoms with Crippen molar-refractivity contribution in [1.29, 1.82) is 0 Å². The molecule has 0 aromatic carbocycles. The number of nitrogen functional groups attached to an aromatic ring is 3. The van der Waals surface area contributed by atoms with Crippen molar-refractivity contribution >= 4 is 90.7 Å². The third-order valence-corrected chi connectivity index (χ3v) is 17.8. The van der Waals surface area contributed by atoms with Crippen molar-refractivity contribution < 1.29 is 94.4 Å². The van der Waals surface area contributed by atoms with Crippen LogP contribution in [0.1, 0.15) is 52.3 Å². The zero-order chi connectivity index (χ0) is 56.4. The highest BCUT2D eigenvalue weighted by molar-refractivity contribution is 8.54. The molecule has 10 heterocycles. The zero-order valence-corrected chi connectivity index (χ0v) is 45.5. The summed E-state index contributed by atoms with van der Waals surface area (Å²) in [6.07, 6.45) is -8.92. The first-order chi connectivity index (χ1) is 37.4. The van der Waals surface area contributed by atoms with Crippen LogP contribution in [0.2, 0.25) is 0 Å². The topological polar surface area (TPSA) is 480 Å². The third kappa shape index (κ3) is 11.5. The number of hydrogen-bond acceptors (Lipinski definition) is 30. The Hall–Kier alpha value is -5.04. The van der Waals surface area contributed by atoms with Crippen molar-refractivity contribution in [3.05, 3.63) is 38.0 Å². The molecule has 4 saturated heterocycles. The normalized spacial score (nSPS) is 30.6. The average molecular weight is 1190 g/mol. The average Bonchev–Trinajstić information content (AvgIpc) is 4.35. The molecule has 15 atom stereocenters. The maximum Gasteiger partial charge on any atom is 0.472 e. The Morgan fingerprint density at radius 2 is 1.22 bits per heavy atom. The van der Waals surface area contributed by atoms with Gasteiger partial charge in [0.05, 0.1) is 44.2 Å². The van der Waals surface area contributed by atoms with E-state index in [4.69, 9.17) is 68.2 Å². The van der Waals surface area contributed by atoms with Crippen LogP contribution in [-0.4, -0.2) is 183 Å². The number of carbonyl (C=O) groups excluding carboxylic acids is 1. The predicted octanol–water partition coefficient (Wildman–Crippen LogP) is 0.632. The van der Waals surface area contributed by atoms with E-state index in [1.165, 1.54) is 46.1 Å². The van der Waals surface area contributed by atoms with Crippen molar-refractivity contribution in [2.45, 2.75) is 107 Å². The minimum Gasteiger partial charge on any atom is -0.454 e. The fourth-order valence-corrected chi connectivity index (χ4v) is 13.0. The lowest BCUT2D eigenvalue weighted by molar-refractivity contribution is -0.165. The Balaban J connectivity index is 0.865. The third-order valence-electron chi connectivity index (χ3n) is 13.2. The molecule has 0 bridgehead atoms. The largest absolute Gasteiger partial charge is 0.472 e. The zero-order valence-electron chi connectivity index (χ0n) is 42.0. The fraction of sp³-hybridized carbons (Fsp3) is 0.600. The number of aromatic nitrogens is 12. The number of phosphoric acid groups is 2. The second-order valence-corrected chi connectivity index (χ2v) is 26.0. The van der Waals surface area contributed by atoms with Crippen molar-refractivity contribution in [3.63, 3.8) is 0 Å². The van der Waals surface area contributed by atoms with Gasteiger partial charge in [0.1, 0.15) is 95.9 Å². The number of ether oxygens (including phenoxy) is 6. The smallest absolute Gasteiger partial charge is 0.454 e. The standard InChI is InChI=1S/C40H54N15O20P3S/c1-39(2,3)38(58)67-17-79-78(63,64)69-9-19-25(65-4)27(37(72-19)55-16-52-22-31(43)46-13-49-34(22)55)75-76(59,60)68-8-18-23(56)26(36(71-18)54-15-51-21-30(42)45-12-48-33(21)54)74-77(61,62)70-10-40-6-5-7-66-28(40)24(57)35(73-40)53-14-50-20-29(41)44-11-47-32(20)53/h11-16,18-19,23-28,35-37,56-57H,5-10,17H2,1-4H3,(H,59,60)(H,61,62)(H,63,64)(H2,41,44,47)(H2,42,45,48)(H2,43,46,49)/t18-,19-,23?,24+,25?,26+,27+,28?,35-,36-,37-,40-/m1/s1. The van der Waals surface area contributed by atoms with Gasteiger partial charge in [0.25, 0.3) is 0 Å². The van der Waals surface area contributed by atoms with Gasteiger partial charge in [-0.15, -0.1) is 0 Å². The summed E-state index contributed by atoms with van der Waals surface area (Å²) in [5.74, 6) is -1.19. The van der Waals surface area contributed by atoms with E-state index in [2.05, 4.69) is 44.9 Å². The number of rotatable bonds is 20. The number of aliphatic hydroxyl groups is 2. The number of anilines is 3. The second kappa shape index (κ2) is 22.0. The van der Waals surface area contributed by atoms with Gasteiger partial charge < -0.3 is 70.5 Å². The Labute approximate surface area is 449 Å². The van der Waals surface area contributed by atoms with Gasteiger partial charge >= 0.3 is 28.4 Å². The van der Waals surface area contributed by atoms with E-state index in [-0.39, 0.29) is 64.0 Å². The van der Waals surface area contributed by atoms with Gasteiger partial charge in [-0.3, -0.25) is 41.1 Å². The molecule has 39 heteroatoms. The number of phosphoric ester groups is 2. The van der Waals surface area contributed by atoms with Crippen LogP contribution in [0.4, 0.5) is 17.5 Å². The number of hydrogen-bond donors (Lipinski definition) is 8. The molecule has 11 N–H and O–H groups in total. The number of fused-ring (bicyclic) bond motifs is 4. The first-order valence-corrected chi connectivity index (χ1v) is 29.9. The molecule has 6 aromatic heterocycles. The lowest BCUT2D eigenvalue weighted by Crippen LogP contribution is -2.51. The number of esters is 1. The summed E-state index contributed by atoms with van der Waals surface area (Å²) in [5, 5.41) is 23.5. The molecule has 0 radical (unpaired) electrons. The molecule has 35 nitrogen and oxygen atoms in total. The van der Waals surface area contributed by atoms with Crippen LogP contribution in [0.15, 0.2) is 38.0 Å².